The highest BCUT2D eigenvalue weighted by molar-refractivity contribution is 9.10. The second-order valence-electron chi connectivity index (χ2n) is 6.69. The summed E-state index contributed by atoms with van der Waals surface area (Å²) in [4.78, 5) is 13.5. The van der Waals surface area contributed by atoms with Crippen molar-refractivity contribution in [2.75, 3.05) is 17.7 Å². The number of thiophene rings is 1. The Morgan fingerprint density at radius 1 is 1.31 bits per heavy atom. The minimum atomic E-state index is -0.322. The molecule has 9 heteroatoms. The lowest BCUT2D eigenvalue weighted by molar-refractivity contribution is 0.0601. The van der Waals surface area contributed by atoms with Crippen LogP contribution in [0.15, 0.2) is 41.1 Å². The predicted octanol–water partition coefficient (Wildman–Crippen LogP) is 4.84. The van der Waals surface area contributed by atoms with Crippen LogP contribution in [-0.2, 0) is 24.1 Å². The second-order valence-corrected chi connectivity index (χ2v) is 9.11. The molecule has 0 amide bonds. The van der Waals surface area contributed by atoms with Crippen molar-refractivity contribution in [2.45, 2.75) is 25.8 Å². The Hall–Kier alpha value is -2.23. The zero-order chi connectivity index (χ0) is 20.4. The van der Waals surface area contributed by atoms with E-state index in [0.29, 0.717) is 17.2 Å². The number of fused-ring (bicyclic) bond motifs is 1. The van der Waals surface area contributed by atoms with Gasteiger partial charge in [-0.05, 0) is 54.7 Å². The molecule has 1 aliphatic rings. The molecule has 0 atom stereocenters. The number of nitrogens with zero attached hydrogens (tertiary/aromatic N) is 2. The molecule has 4 rings (SSSR count). The quantitative estimate of drug-likeness (QED) is 0.393. The van der Waals surface area contributed by atoms with Crippen LogP contribution < -0.4 is 10.6 Å². The average molecular weight is 491 g/mol. The summed E-state index contributed by atoms with van der Waals surface area (Å²) < 4.78 is 7.86. The molecule has 1 aromatic carbocycles. The van der Waals surface area contributed by atoms with Crippen LogP contribution in [0.25, 0.3) is 0 Å². The third-order valence-electron chi connectivity index (χ3n) is 4.69. The molecule has 0 aliphatic heterocycles. The molecule has 2 N–H and O–H groups in total. The van der Waals surface area contributed by atoms with Crippen molar-refractivity contribution in [1.29, 1.82) is 0 Å². The highest BCUT2D eigenvalue weighted by Crippen LogP contribution is 2.39. The molecule has 0 unspecified atom stereocenters. The van der Waals surface area contributed by atoms with Crippen LogP contribution in [0.3, 0.4) is 0 Å². The van der Waals surface area contributed by atoms with Gasteiger partial charge in [0.25, 0.3) is 0 Å². The molecule has 6 nitrogen and oxygen atoms in total. The van der Waals surface area contributed by atoms with Gasteiger partial charge < -0.3 is 15.4 Å². The van der Waals surface area contributed by atoms with Crippen molar-refractivity contribution in [3.05, 3.63) is 62.7 Å². The van der Waals surface area contributed by atoms with Gasteiger partial charge in [0.1, 0.15) is 5.00 Å². The first kappa shape index (κ1) is 20.1. The Labute approximate surface area is 186 Å². The molecule has 0 saturated carbocycles. The van der Waals surface area contributed by atoms with Crippen molar-refractivity contribution in [3.63, 3.8) is 0 Å². The van der Waals surface area contributed by atoms with E-state index >= 15 is 0 Å². The fourth-order valence-corrected chi connectivity index (χ4v) is 5.20. The topological polar surface area (TPSA) is 68.2 Å². The van der Waals surface area contributed by atoms with Gasteiger partial charge in [0.05, 0.1) is 31.1 Å². The Balaban J connectivity index is 1.42. The molecule has 0 radical (unpaired) electrons. The second kappa shape index (κ2) is 8.64. The van der Waals surface area contributed by atoms with E-state index in [4.69, 9.17) is 17.0 Å². The summed E-state index contributed by atoms with van der Waals surface area (Å²) in [5.41, 5.74) is 3.64. The van der Waals surface area contributed by atoms with Crippen molar-refractivity contribution >= 4 is 61.3 Å². The number of carbonyl (C=O) groups is 1. The number of rotatable bonds is 5. The van der Waals surface area contributed by atoms with Crippen LogP contribution in [0.1, 0.15) is 32.8 Å². The van der Waals surface area contributed by atoms with Gasteiger partial charge in [0.15, 0.2) is 5.11 Å². The number of aromatic nitrogens is 2. The highest BCUT2D eigenvalue weighted by Gasteiger charge is 2.27. The van der Waals surface area contributed by atoms with Gasteiger partial charge in [-0.2, -0.15) is 5.10 Å². The highest BCUT2D eigenvalue weighted by atomic mass is 79.9. The number of nitrogens with one attached hydrogen (secondary N) is 2. The number of aryl methyl sites for hydroxylation is 1. The van der Waals surface area contributed by atoms with Crippen LogP contribution in [-0.4, -0.2) is 28.0 Å². The molecular weight excluding hydrogens is 472 g/mol. The Kier molecular flexibility index (Phi) is 5.98. The SMILES string of the molecule is COC(=O)c1c(NC(=S)Nc2cnn(Cc3ccc(Br)cc3)c2)sc2c1CCC2. The summed E-state index contributed by atoms with van der Waals surface area (Å²) in [6.07, 6.45) is 6.59. The zero-order valence-corrected chi connectivity index (χ0v) is 18.9. The van der Waals surface area contributed by atoms with E-state index in [1.54, 1.807) is 17.5 Å². The Morgan fingerprint density at radius 3 is 2.86 bits per heavy atom. The van der Waals surface area contributed by atoms with Crippen LogP contribution >= 0.6 is 39.5 Å². The Bertz CT molecular complexity index is 1060. The van der Waals surface area contributed by atoms with Crippen molar-refractivity contribution in [2.24, 2.45) is 0 Å². The van der Waals surface area contributed by atoms with Gasteiger partial charge in [-0.3, -0.25) is 4.68 Å². The average Bonchev–Trinajstić information content (AvgIpc) is 3.39. The van der Waals surface area contributed by atoms with Crippen LogP contribution in [0.2, 0.25) is 0 Å². The third-order valence-corrected chi connectivity index (χ3v) is 6.63. The van der Waals surface area contributed by atoms with Gasteiger partial charge in [0, 0.05) is 15.5 Å². The van der Waals surface area contributed by atoms with Gasteiger partial charge in [0.2, 0.25) is 0 Å². The normalized spacial score (nSPS) is 12.5. The number of thiocarbonyl (C=S) groups is 1. The van der Waals surface area contributed by atoms with Gasteiger partial charge in [-0.15, -0.1) is 11.3 Å². The van der Waals surface area contributed by atoms with Gasteiger partial charge in [-0.1, -0.05) is 28.1 Å². The van der Waals surface area contributed by atoms with Gasteiger partial charge >= 0.3 is 5.97 Å². The zero-order valence-electron chi connectivity index (χ0n) is 15.7. The largest absolute Gasteiger partial charge is 0.465 e. The molecular formula is C20H19BrN4O2S2. The molecule has 2 heterocycles. The third kappa shape index (κ3) is 4.52. The van der Waals surface area contributed by atoms with Crippen molar-refractivity contribution < 1.29 is 9.53 Å². The number of benzene rings is 1. The first-order chi connectivity index (χ1) is 14.0. The van der Waals surface area contributed by atoms with E-state index in [-0.39, 0.29) is 5.97 Å². The maximum atomic E-state index is 12.3. The summed E-state index contributed by atoms with van der Waals surface area (Å²) >= 11 is 10.5. The number of methoxy groups -OCH3 is 1. The lowest BCUT2D eigenvalue weighted by Crippen LogP contribution is -2.20. The van der Waals surface area contributed by atoms with Gasteiger partial charge in [-0.25, -0.2) is 4.79 Å². The van der Waals surface area contributed by atoms with Crippen molar-refractivity contribution in [3.8, 4) is 0 Å². The molecule has 150 valence electrons. The van der Waals surface area contributed by atoms with Crippen molar-refractivity contribution in [1.82, 2.24) is 9.78 Å². The standard InChI is InChI=1S/C20H19BrN4O2S2/c1-27-19(26)17-15-3-2-4-16(15)29-18(17)24-20(28)23-14-9-22-25(11-14)10-12-5-7-13(21)8-6-12/h5-9,11H,2-4,10H2,1H3,(H2,23,24,28). The number of halogens is 1. The number of anilines is 2. The molecule has 2 aromatic heterocycles. The fourth-order valence-electron chi connectivity index (χ4n) is 3.37. The molecule has 29 heavy (non-hydrogen) atoms. The first-order valence-electron chi connectivity index (χ1n) is 9.11. The monoisotopic (exact) mass is 490 g/mol. The minimum Gasteiger partial charge on any atom is -0.465 e. The number of hydrogen-bond acceptors (Lipinski definition) is 5. The maximum absolute atomic E-state index is 12.3. The van der Waals surface area contributed by atoms with Crippen LogP contribution in [0.5, 0.6) is 0 Å². The maximum Gasteiger partial charge on any atom is 0.341 e. The lowest BCUT2D eigenvalue weighted by Gasteiger charge is -2.10. The Morgan fingerprint density at radius 2 is 2.10 bits per heavy atom. The molecule has 0 fully saturated rings. The lowest BCUT2D eigenvalue weighted by atomic mass is 10.1. The minimum absolute atomic E-state index is 0.322. The summed E-state index contributed by atoms with van der Waals surface area (Å²) in [5.74, 6) is -0.322. The van der Waals surface area contributed by atoms with E-state index < -0.39 is 0 Å². The van der Waals surface area contributed by atoms with E-state index in [1.807, 2.05) is 23.0 Å². The molecule has 1 aliphatic carbocycles. The summed E-state index contributed by atoms with van der Waals surface area (Å²) in [5, 5.41) is 11.8. The summed E-state index contributed by atoms with van der Waals surface area (Å²) in [7, 11) is 1.40. The molecule has 0 spiro atoms. The predicted molar refractivity (Wildman–Crippen MR) is 123 cm³/mol. The molecule has 0 saturated heterocycles. The van der Waals surface area contributed by atoms with E-state index in [9.17, 15) is 4.79 Å². The fraction of sp³-hybridized carbons (Fsp3) is 0.250. The molecule has 3 aromatic rings. The van der Waals surface area contributed by atoms with Crippen LogP contribution in [0.4, 0.5) is 10.7 Å². The van der Waals surface area contributed by atoms with E-state index in [1.165, 1.54) is 12.0 Å². The summed E-state index contributed by atoms with van der Waals surface area (Å²) in [6, 6.07) is 8.12. The number of ether oxygens (including phenoxy) is 1. The molecule has 0 bridgehead atoms. The smallest absolute Gasteiger partial charge is 0.341 e. The first-order valence-corrected chi connectivity index (χ1v) is 11.1. The number of carbonyl (C=O) groups excluding carboxylic acids is 1. The van der Waals surface area contributed by atoms with E-state index in [0.717, 1.165) is 45.6 Å². The number of hydrogen-bond donors (Lipinski definition) is 2. The van der Waals surface area contributed by atoms with E-state index in [2.05, 4.69) is 43.8 Å². The van der Waals surface area contributed by atoms with Crippen LogP contribution in [0, 0.1) is 0 Å². The number of esters is 1. The summed E-state index contributed by atoms with van der Waals surface area (Å²) in [6.45, 7) is 0.666.